The van der Waals surface area contributed by atoms with Crippen LogP contribution in [0, 0.1) is 6.92 Å². The third-order valence-electron chi connectivity index (χ3n) is 2.89. The summed E-state index contributed by atoms with van der Waals surface area (Å²) in [6.07, 6.45) is 1.59. The van der Waals surface area contributed by atoms with Crippen molar-refractivity contribution in [2.75, 3.05) is 4.72 Å². The number of hydrogen-bond donors (Lipinski definition) is 2. The molecule has 0 atom stereocenters. The molecule has 3 rings (SSSR count). The number of sulfonamides is 1. The fourth-order valence-corrected chi connectivity index (χ4v) is 4.52. The monoisotopic (exact) mass is 343 g/mol. The number of phenols is 1. The molecular formula is C12H10ClN3O3S2. The second kappa shape index (κ2) is 4.90. The van der Waals surface area contributed by atoms with Gasteiger partial charge in [0.15, 0.2) is 15.1 Å². The number of aromatic hydroxyl groups is 1. The van der Waals surface area contributed by atoms with Gasteiger partial charge in [0.1, 0.15) is 5.75 Å². The summed E-state index contributed by atoms with van der Waals surface area (Å²) >= 11 is 7.23. The number of nitrogens with zero attached hydrogens (tertiary/aromatic N) is 2. The normalized spacial score (nSPS) is 11.9. The summed E-state index contributed by atoms with van der Waals surface area (Å²) in [6, 6.07) is 4.36. The van der Waals surface area contributed by atoms with Crippen LogP contribution in [0.2, 0.25) is 5.15 Å². The maximum Gasteiger partial charge on any atom is 0.281 e. The lowest BCUT2D eigenvalue weighted by molar-refractivity contribution is 0.475. The second-order valence-corrected chi connectivity index (χ2v) is 7.20. The molecule has 0 spiro atoms. The van der Waals surface area contributed by atoms with Gasteiger partial charge < -0.3 is 5.11 Å². The number of thiazole rings is 1. The van der Waals surface area contributed by atoms with Gasteiger partial charge >= 0.3 is 0 Å². The largest absolute Gasteiger partial charge is 0.508 e. The van der Waals surface area contributed by atoms with Crippen molar-refractivity contribution in [3.05, 3.63) is 40.5 Å². The van der Waals surface area contributed by atoms with Gasteiger partial charge in [0.05, 0.1) is 5.69 Å². The third-order valence-corrected chi connectivity index (χ3v) is 5.41. The van der Waals surface area contributed by atoms with Crippen LogP contribution in [-0.2, 0) is 10.0 Å². The summed E-state index contributed by atoms with van der Waals surface area (Å²) in [6.45, 7) is 1.69. The highest BCUT2D eigenvalue weighted by Crippen LogP contribution is 2.28. The van der Waals surface area contributed by atoms with Gasteiger partial charge in [-0.05, 0) is 30.7 Å². The molecule has 2 N–H and O–H groups in total. The van der Waals surface area contributed by atoms with E-state index >= 15 is 0 Å². The quantitative estimate of drug-likeness (QED) is 0.716. The van der Waals surface area contributed by atoms with Crippen molar-refractivity contribution in [3.8, 4) is 5.75 Å². The van der Waals surface area contributed by atoms with E-state index in [1.807, 2.05) is 0 Å². The summed E-state index contributed by atoms with van der Waals surface area (Å²) < 4.78 is 28.9. The molecule has 1 aromatic carbocycles. The Morgan fingerprint density at radius 2 is 2.19 bits per heavy atom. The number of benzene rings is 1. The Morgan fingerprint density at radius 3 is 2.90 bits per heavy atom. The average Bonchev–Trinajstić information content (AvgIpc) is 2.91. The van der Waals surface area contributed by atoms with Crippen LogP contribution in [0.1, 0.15) is 5.56 Å². The van der Waals surface area contributed by atoms with Gasteiger partial charge in [-0.15, -0.1) is 11.3 Å². The van der Waals surface area contributed by atoms with Crippen molar-refractivity contribution in [2.45, 2.75) is 11.9 Å². The third kappa shape index (κ3) is 2.45. The van der Waals surface area contributed by atoms with E-state index in [4.69, 9.17) is 11.6 Å². The number of aryl methyl sites for hydroxylation is 1. The summed E-state index contributed by atoms with van der Waals surface area (Å²) in [5.41, 5.74) is 0.967. The highest BCUT2D eigenvalue weighted by atomic mass is 35.5. The molecule has 21 heavy (non-hydrogen) atoms. The lowest BCUT2D eigenvalue weighted by atomic mass is 10.2. The van der Waals surface area contributed by atoms with E-state index in [0.29, 0.717) is 16.2 Å². The number of anilines is 1. The molecule has 6 nitrogen and oxygen atoms in total. The molecule has 0 bridgehead atoms. The maximum atomic E-state index is 12.5. The molecule has 0 fully saturated rings. The predicted octanol–water partition coefficient (Wildman–Crippen LogP) is 2.86. The molecule has 9 heteroatoms. The van der Waals surface area contributed by atoms with Crippen molar-refractivity contribution in [1.82, 2.24) is 9.38 Å². The zero-order chi connectivity index (χ0) is 15.2. The van der Waals surface area contributed by atoms with Crippen molar-refractivity contribution < 1.29 is 13.5 Å². The highest BCUT2D eigenvalue weighted by molar-refractivity contribution is 7.92. The first-order valence-electron chi connectivity index (χ1n) is 5.82. The Balaban J connectivity index is 2.08. The van der Waals surface area contributed by atoms with Gasteiger partial charge in [-0.1, -0.05) is 11.6 Å². The fraction of sp³-hybridized carbons (Fsp3) is 0.0833. The van der Waals surface area contributed by atoms with Crippen molar-refractivity contribution in [3.63, 3.8) is 0 Å². The Labute approximate surface area is 129 Å². The topological polar surface area (TPSA) is 83.7 Å². The van der Waals surface area contributed by atoms with Crippen LogP contribution < -0.4 is 4.72 Å². The Hall–Kier alpha value is -1.77. The molecule has 0 radical (unpaired) electrons. The zero-order valence-electron chi connectivity index (χ0n) is 10.7. The molecule has 0 saturated heterocycles. The first-order chi connectivity index (χ1) is 9.88. The lowest BCUT2D eigenvalue weighted by Gasteiger charge is -2.10. The maximum absolute atomic E-state index is 12.5. The molecule has 0 unspecified atom stereocenters. The predicted molar refractivity (Wildman–Crippen MR) is 81.7 cm³/mol. The first-order valence-corrected chi connectivity index (χ1v) is 8.56. The molecule has 0 saturated carbocycles. The summed E-state index contributed by atoms with van der Waals surface area (Å²) in [5.74, 6) is 0.0676. The lowest BCUT2D eigenvalue weighted by Crippen LogP contribution is -2.16. The van der Waals surface area contributed by atoms with Crippen LogP contribution in [0.25, 0.3) is 4.96 Å². The molecule has 3 aromatic rings. The molecule has 0 aliphatic heterocycles. The number of imidazole rings is 1. The van der Waals surface area contributed by atoms with E-state index in [-0.39, 0.29) is 15.9 Å². The summed E-state index contributed by atoms with van der Waals surface area (Å²) in [4.78, 5) is 4.51. The molecule has 2 heterocycles. The van der Waals surface area contributed by atoms with E-state index in [2.05, 4.69) is 9.71 Å². The van der Waals surface area contributed by atoms with E-state index in [0.717, 1.165) is 0 Å². The Morgan fingerprint density at radius 1 is 1.43 bits per heavy atom. The van der Waals surface area contributed by atoms with E-state index in [1.54, 1.807) is 18.5 Å². The minimum Gasteiger partial charge on any atom is -0.508 e. The number of phenolic OH excluding ortho intramolecular Hbond substituents is 1. The van der Waals surface area contributed by atoms with Crippen molar-refractivity contribution >= 4 is 43.6 Å². The minimum atomic E-state index is -3.89. The van der Waals surface area contributed by atoms with Crippen molar-refractivity contribution in [2.24, 2.45) is 0 Å². The molecule has 0 aliphatic rings. The van der Waals surface area contributed by atoms with Gasteiger partial charge in [0.25, 0.3) is 10.0 Å². The van der Waals surface area contributed by atoms with Crippen molar-refractivity contribution in [1.29, 1.82) is 0 Å². The Bertz CT molecular complexity index is 931. The minimum absolute atomic E-state index is 0.0676. The van der Waals surface area contributed by atoms with Crippen LogP contribution in [-0.4, -0.2) is 22.9 Å². The SMILES string of the molecule is Cc1cc(O)ccc1NS(=O)(=O)c1c(Cl)nc2sccn12. The van der Waals surface area contributed by atoms with Gasteiger partial charge in [0.2, 0.25) is 0 Å². The molecule has 0 amide bonds. The molecule has 2 aromatic heterocycles. The number of hydrogen-bond acceptors (Lipinski definition) is 5. The van der Waals surface area contributed by atoms with Gasteiger partial charge in [-0.25, -0.2) is 4.98 Å². The highest BCUT2D eigenvalue weighted by Gasteiger charge is 2.25. The fourth-order valence-electron chi connectivity index (χ4n) is 1.93. The number of fused-ring (bicyclic) bond motifs is 1. The number of aromatic nitrogens is 2. The van der Waals surface area contributed by atoms with E-state index in [1.165, 1.54) is 33.9 Å². The van der Waals surface area contributed by atoms with Crippen LogP contribution in [0.4, 0.5) is 5.69 Å². The summed E-state index contributed by atoms with van der Waals surface area (Å²) in [7, 11) is -3.89. The number of halogens is 1. The average molecular weight is 344 g/mol. The smallest absolute Gasteiger partial charge is 0.281 e. The summed E-state index contributed by atoms with van der Waals surface area (Å²) in [5, 5.41) is 10.9. The first kappa shape index (κ1) is 14.2. The van der Waals surface area contributed by atoms with Gasteiger partial charge in [-0.3, -0.25) is 9.12 Å². The molecule has 110 valence electrons. The van der Waals surface area contributed by atoms with Crippen LogP contribution in [0.3, 0.4) is 0 Å². The number of rotatable bonds is 3. The van der Waals surface area contributed by atoms with Gasteiger partial charge in [0, 0.05) is 11.6 Å². The van der Waals surface area contributed by atoms with Gasteiger partial charge in [-0.2, -0.15) is 8.42 Å². The van der Waals surface area contributed by atoms with E-state index < -0.39 is 10.0 Å². The Kier molecular flexibility index (Phi) is 3.31. The molecular weight excluding hydrogens is 334 g/mol. The van der Waals surface area contributed by atoms with Crippen LogP contribution in [0.5, 0.6) is 5.75 Å². The number of nitrogens with one attached hydrogen (secondary N) is 1. The zero-order valence-corrected chi connectivity index (χ0v) is 13.1. The molecule has 0 aliphatic carbocycles. The van der Waals surface area contributed by atoms with E-state index in [9.17, 15) is 13.5 Å². The second-order valence-electron chi connectivity index (χ2n) is 4.37. The van der Waals surface area contributed by atoms with Crippen LogP contribution in [0.15, 0.2) is 34.8 Å². The van der Waals surface area contributed by atoms with Crippen LogP contribution >= 0.6 is 22.9 Å². The standard InChI is InChI=1S/C12H10ClN3O3S2/c1-7-6-8(17)2-3-9(7)15-21(18,19)11-10(13)14-12-16(11)4-5-20-12/h2-6,15,17H,1H3.